The van der Waals surface area contributed by atoms with Gasteiger partial charge in [0, 0.05) is 11.5 Å². The van der Waals surface area contributed by atoms with Crippen molar-refractivity contribution in [3.05, 3.63) is 29.3 Å². The maximum Gasteiger partial charge on any atom is 0.165 e. The second-order valence-electron chi connectivity index (χ2n) is 3.45. The van der Waals surface area contributed by atoms with Gasteiger partial charge in [-0.15, -0.1) is 0 Å². The van der Waals surface area contributed by atoms with Gasteiger partial charge in [-0.2, -0.15) is 0 Å². The zero-order chi connectivity index (χ0) is 10.1. The number of allylic oxidation sites excluding steroid dienone is 1. The maximum absolute atomic E-state index is 5.38. The molecule has 0 radical (unpaired) electrons. The lowest BCUT2D eigenvalue weighted by atomic mass is 10.0. The first-order chi connectivity index (χ1) is 6.77. The second-order valence-corrected chi connectivity index (χ2v) is 3.45. The summed E-state index contributed by atoms with van der Waals surface area (Å²) in [6.45, 7) is 2.16. The Morgan fingerprint density at radius 3 is 2.57 bits per heavy atom. The summed E-state index contributed by atoms with van der Waals surface area (Å²) in [6.07, 6.45) is 4.30. The van der Waals surface area contributed by atoms with E-state index in [0.717, 1.165) is 11.5 Å². The number of benzene rings is 1. The average molecular weight is 190 g/mol. The molecular weight excluding hydrogens is 176 g/mol. The number of hydrogen-bond donors (Lipinski definition) is 0. The van der Waals surface area contributed by atoms with Crippen LogP contribution in [0, 0.1) is 0 Å². The lowest BCUT2D eigenvalue weighted by Gasteiger charge is -2.14. The molecule has 0 N–H and O–H groups in total. The molecule has 1 aliphatic rings. The van der Waals surface area contributed by atoms with Crippen molar-refractivity contribution in [2.75, 3.05) is 14.2 Å². The Bertz CT molecular complexity index is 380. The van der Waals surface area contributed by atoms with Crippen molar-refractivity contribution >= 4 is 6.08 Å². The molecule has 2 rings (SSSR count). The molecule has 1 atom stereocenters. The monoisotopic (exact) mass is 190 g/mol. The molecule has 1 aliphatic carbocycles. The fourth-order valence-corrected chi connectivity index (χ4v) is 1.93. The van der Waals surface area contributed by atoms with Crippen LogP contribution in [-0.4, -0.2) is 14.2 Å². The molecule has 0 bridgehead atoms. The van der Waals surface area contributed by atoms with E-state index in [1.54, 1.807) is 14.2 Å². The summed E-state index contributed by atoms with van der Waals surface area (Å²) < 4.78 is 10.6. The minimum absolute atomic E-state index is 0.412. The third-order valence-electron chi connectivity index (χ3n) is 2.64. The molecule has 0 fully saturated rings. The van der Waals surface area contributed by atoms with Gasteiger partial charge in [-0.1, -0.05) is 25.1 Å². The van der Waals surface area contributed by atoms with E-state index in [0.29, 0.717) is 5.92 Å². The van der Waals surface area contributed by atoms with Gasteiger partial charge in [-0.05, 0) is 11.6 Å². The van der Waals surface area contributed by atoms with Crippen molar-refractivity contribution in [1.82, 2.24) is 0 Å². The molecular formula is C12H14O2. The molecule has 0 spiro atoms. The number of rotatable bonds is 2. The van der Waals surface area contributed by atoms with Crippen molar-refractivity contribution < 1.29 is 9.47 Å². The van der Waals surface area contributed by atoms with Crippen molar-refractivity contribution in [2.45, 2.75) is 12.8 Å². The third-order valence-corrected chi connectivity index (χ3v) is 2.64. The first-order valence-electron chi connectivity index (χ1n) is 4.71. The second kappa shape index (κ2) is 3.37. The summed E-state index contributed by atoms with van der Waals surface area (Å²) in [6, 6.07) is 4.01. The Balaban J connectivity index is 2.60. The maximum atomic E-state index is 5.38. The van der Waals surface area contributed by atoms with Crippen molar-refractivity contribution in [3.63, 3.8) is 0 Å². The highest BCUT2D eigenvalue weighted by atomic mass is 16.5. The molecule has 14 heavy (non-hydrogen) atoms. The molecule has 0 saturated carbocycles. The van der Waals surface area contributed by atoms with E-state index in [4.69, 9.17) is 9.47 Å². The van der Waals surface area contributed by atoms with Crippen LogP contribution < -0.4 is 9.47 Å². The van der Waals surface area contributed by atoms with Crippen LogP contribution in [0.3, 0.4) is 0 Å². The van der Waals surface area contributed by atoms with Gasteiger partial charge in [-0.25, -0.2) is 0 Å². The number of fused-ring (bicyclic) bond motifs is 1. The highest BCUT2D eigenvalue weighted by molar-refractivity contribution is 5.69. The van der Waals surface area contributed by atoms with E-state index >= 15 is 0 Å². The van der Waals surface area contributed by atoms with Crippen LogP contribution in [0.15, 0.2) is 18.2 Å². The lowest BCUT2D eigenvalue weighted by Crippen LogP contribution is -1.97. The minimum atomic E-state index is 0.412. The van der Waals surface area contributed by atoms with Crippen LogP contribution in [0.5, 0.6) is 11.5 Å². The Morgan fingerprint density at radius 1 is 1.14 bits per heavy atom. The van der Waals surface area contributed by atoms with Crippen LogP contribution in [0.25, 0.3) is 6.08 Å². The Kier molecular flexibility index (Phi) is 2.20. The van der Waals surface area contributed by atoms with Gasteiger partial charge in [0.05, 0.1) is 14.2 Å². The topological polar surface area (TPSA) is 18.5 Å². The Hall–Kier alpha value is -1.44. The lowest BCUT2D eigenvalue weighted by molar-refractivity contribution is 0.351. The molecule has 0 aliphatic heterocycles. The van der Waals surface area contributed by atoms with Crippen molar-refractivity contribution in [2.24, 2.45) is 0 Å². The molecule has 1 aromatic carbocycles. The first-order valence-corrected chi connectivity index (χ1v) is 4.71. The summed E-state index contributed by atoms with van der Waals surface area (Å²) in [5.74, 6) is 2.08. The van der Waals surface area contributed by atoms with Crippen LogP contribution in [0.2, 0.25) is 0 Å². The van der Waals surface area contributed by atoms with E-state index in [-0.39, 0.29) is 0 Å². The summed E-state index contributed by atoms with van der Waals surface area (Å²) in [7, 11) is 3.35. The summed E-state index contributed by atoms with van der Waals surface area (Å²) in [5.41, 5.74) is 2.46. The average Bonchev–Trinajstić information content (AvgIpc) is 2.59. The van der Waals surface area contributed by atoms with Crippen molar-refractivity contribution in [1.29, 1.82) is 0 Å². The Labute approximate surface area is 84.2 Å². The summed E-state index contributed by atoms with van der Waals surface area (Å²) in [5, 5.41) is 0. The zero-order valence-electron chi connectivity index (χ0n) is 8.70. The largest absolute Gasteiger partial charge is 0.493 e. The molecule has 0 heterocycles. The smallest absolute Gasteiger partial charge is 0.165 e. The molecule has 0 saturated heterocycles. The fraction of sp³-hybridized carbons (Fsp3) is 0.333. The van der Waals surface area contributed by atoms with Crippen LogP contribution in [-0.2, 0) is 0 Å². The van der Waals surface area contributed by atoms with E-state index < -0.39 is 0 Å². The first kappa shape index (κ1) is 9.13. The van der Waals surface area contributed by atoms with Gasteiger partial charge < -0.3 is 9.47 Å². The van der Waals surface area contributed by atoms with Crippen LogP contribution in [0.1, 0.15) is 24.0 Å². The summed E-state index contributed by atoms with van der Waals surface area (Å²) in [4.78, 5) is 0. The molecule has 0 amide bonds. The summed E-state index contributed by atoms with van der Waals surface area (Å²) >= 11 is 0. The molecule has 2 heteroatoms. The number of hydrogen-bond acceptors (Lipinski definition) is 2. The van der Waals surface area contributed by atoms with Gasteiger partial charge in [0.2, 0.25) is 0 Å². The third kappa shape index (κ3) is 1.18. The predicted molar refractivity (Wildman–Crippen MR) is 57.0 cm³/mol. The zero-order valence-corrected chi connectivity index (χ0v) is 8.70. The molecule has 1 unspecified atom stereocenters. The molecule has 74 valence electrons. The highest BCUT2D eigenvalue weighted by Crippen LogP contribution is 2.42. The quantitative estimate of drug-likeness (QED) is 0.714. The van der Waals surface area contributed by atoms with Gasteiger partial charge >= 0.3 is 0 Å². The highest BCUT2D eigenvalue weighted by Gasteiger charge is 2.20. The fourth-order valence-electron chi connectivity index (χ4n) is 1.93. The minimum Gasteiger partial charge on any atom is -0.493 e. The number of ether oxygens (including phenoxy) is 2. The van der Waals surface area contributed by atoms with Crippen LogP contribution in [0.4, 0.5) is 0 Å². The predicted octanol–water partition coefficient (Wildman–Crippen LogP) is 2.83. The van der Waals surface area contributed by atoms with E-state index in [1.165, 1.54) is 11.1 Å². The Morgan fingerprint density at radius 2 is 1.93 bits per heavy atom. The van der Waals surface area contributed by atoms with Gasteiger partial charge in [-0.3, -0.25) is 0 Å². The van der Waals surface area contributed by atoms with Gasteiger partial charge in [0.1, 0.15) is 0 Å². The van der Waals surface area contributed by atoms with Crippen molar-refractivity contribution in [3.8, 4) is 11.5 Å². The molecule has 0 aromatic heterocycles. The molecule has 1 aromatic rings. The normalized spacial score (nSPS) is 18.1. The van der Waals surface area contributed by atoms with Crippen LogP contribution >= 0.6 is 0 Å². The standard InChI is InChI=1S/C12H14O2/c1-8-4-5-9-6-7-10(13-2)12(14-3)11(8)9/h4-8H,1-3H3. The van der Waals surface area contributed by atoms with E-state index in [9.17, 15) is 0 Å². The van der Waals surface area contributed by atoms with Gasteiger partial charge in [0.15, 0.2) is 11.5 Å². The van der Waals surface area contributed by atoms with Gasteiger partial charge in [0.25, 0.3) is 0 Å². The van der Waals surface area contributed by atoms with E-state index in [2.05, 4.69) is 25.1 Å². The molecule has 2 nitrogen and oxygen atoms in total. The number of methoxy groups -OCH3 is 2. The SMILES string of the molecule is COc1ccc2c(c1OC)C(C)C=C2. The van der Waals surface area contributed by atoms with E-state index in [1.807, 2.05) is 6.07 Å².